The topological polar surface area (TPSA) is 24.9 Å². The Hall–Kier alpha value is -0.890. The van der Waals surface area contributed by atoms with Crippen molar-refractivity contribution < 1.29 is 0 Å². The smallest absolute Gasteiger partial charge is 0.0541 e. The van der Waals surface area contributed by atoms with Gasteiger partial charge in [0.15, 0.2) is 0 Å². The van der Waals surface area contributed by atoms with E-state index in [9.17, 15) is 0 Å². The molecule has 76 valence electrons. The first kappa shape index (κ1) is 9.66. The molecule has 2 nitrogen and oxygen atoms in total. The molecule has 1 N–H and O–H groups in total. The molecule has 0 saturated heterocycles. The highest BCUT2D eigenvalue weighted by Crippen LogP contribution is 2.24. The third kappa shape index (κ3) is 2.32. The van der Waals surface area contributed by atoms with Crippen LogP contribution in [0.1, 0.15) is 31.9 Å². The average molecular weight is 190 g/mol. The largest absolute Gasteiger partial charge is 0.308 e. The van der Waals surface area contributed by atoms with Crippen molar-refractivity contribution in [2.45, 2.75) is 38.8 Å². The standard InChI is InChI=1S/C12H18N2/c1-10-5-4-7-12(10)14-9-11-6-2-3-8-13-11/h2-3,6,8,10,12,14H,4-5,7,9H2,1H3/t10-,12+/m1/s1. The molecule has 1 heterocycles. The molecule has 0 unspecified atom stereocenters. The fourth-order valence-corrected chi connectivity index (χ4v) is 2.19. The van der Waals surface area contributed by atoms with Crippen LogP contribution >= 0.6 is 0 Å². The van der Waals surface area contributed by atoms with Crippen LogP contribution in [0.5, 0.6) is 0 Å². The Balaban J connectivity index is 1.82. The van der Waals surface area contributed by atoms with Crippen molar-refractivity contribution in [3.8, 4) is 0 Å². The van der Waals surface area contributed by atoms with E-state index in [1.54, 1.807) is 0 Å². The van der Waals surface area contributed by atoms with Crippen LogP contribution in [0, 0.1) is 5.92 Å². The summed E-state index contributed by atoms with van der Waals surface area (Å²) in [4.78, 5) is 4.30. The van der Waals surface area contributed by atoms with Gasteiger partial charge in [-0.15, -0.1) is 0 Å². The van der Waals surface area contributed by atoms with Gasteiger partial charge in [0.05, 0.1) is 5.69 Å². The molecule has 1 aliphatic carbocycles. The summed E-state index contributed by atoms with van der Waals surface area (Å²) in [6.45, 7) is 3.25. The SMILES string of the molecule is C[C@@H]1CCC[C@@H]1NCc1ccccn1. The predicted octanol–water partition coefficient (Wildman–Crippen LogP) is 2.36. The van der Waals surface area contributed by atoms with Gasteiger partial charge in [0.1, 0.15) is 0 Å². The second-order valence-corrected chi connectivity index (χ2v) is 4.22. The lowest BCUT2D eigenvalue weighted by Crippen LogP contribution is -2.30. The van der Waals surface area contributed by atoms with Crippen molar-refractivity contribution in [1.29, 1.82) is 0 Å². The van der Waals surface area contributed by atoms with Gasteiger partial charge in [0.2, 0.25) is 0 Å². The van der Waals surface area contributed by atoms with E-state index in [4.69, 9.17) is 0 Å². The molecule has 1 aromatic rings. The highest BCUT2D eigenvalue weighted by molar-refractivity contribution is 5.03. The molecule has 2 heteroatoms. The van der Waals surface area contributed by atoms with Crippen LogP contribution in [0.2, 0.25) is 0 Å². The van der Waals surface area contributed by atoms with Gasteiger partial charge >= 0.3 is 0 Å². The quantitative estimate of drug-likeness (QED) is 0.791. The van der Waals surface area contributed by atoms with E-state index in [1.807, 2.05) is 18.3 Å². The van der Waals surface area contributed by atoms with Crippen molar-refractivity contribution in [2.75, 3.05) is 0 Å². The minimum Gasteiger partial charge on any atom is -0.308 e. The number of nitrogens with one attached hydrogen (secondary N) is 1. The van der Waals surface area contributed by atoms with E-state index in [1.165, 1.54) is 19.3 Å². The number of nitrogens with zero attached hydrogens (tertiary/aromatic N) is 1. The zero-order chi connectivity index (χ0) is 9.80. The molecule has 0 amide bonds. The van der Waals surface area contributed by atoms with Gasteiger partial charge in [0, 0.05) is 18.8 Å². The molecule has 0 aromatic carbocycles. The first-order chi connectivity index (χ1) is 6.86. The van der Waals surface area contributed by atoms with E-state index in [2.05, 4.69) is 23.3 Å². The Morgan fingerprint density at radius 2 is 2.36 bits per heavy atom. The summed E-state index contributed by atoms with van der Waals surface area (Å²) in [6.07, 6.45) is 5.93. The molecule has 0 spiro atoms. The van der Waals surface area contributed by atoms with Crippen LogP contribution in [-0.4, -0.2) is 11.0 Å². The second kappa shape index (κ2) is 4.56. The van der Waals surface area contributed by atoms with Gasteiger partial charge in [0.25, 0.3) is 0 Å². The van der Waals surface area contributed by atoms with Crippen LogP contribution < -0.4 is 5.32 Å². The average Bonchev–Trinajstić information content (AvgIpc) is 2.63. The summed E-state index contributed by atoms with van der Waals surface area (Å²) in [7, 11) is 0. The third-order valence-electron chi connectivity index (χ3n) is 3.13. The summed E-state index contributed by atoms with van der Waals surface area (Å²) >= 11 is 0. The van der Waals surface area contributed by atoms with Crippen molar-refractivity contribution >= 4 is 0 Å². The fourth-order valence-electron chi connectivity index (χ4n) is 2.19. The zero-order valence-corrected chi connectivity index (χ0v) is 8.74. The van der Waals surface area contributed by atoms with Gasteiger partial charge in [-0.3, -0.25) is 4.98 Å². The number of hydrogen-bond acceptors (Lipinski definition) is 2. The first-order valence-corrected chi connectivity index (χ1v) is 5.49. The molecule has 0 bridgehead atoms. The van der Waals surface area contributed by atoms with Gasteiger partial charge in [-0.05, 0) is 30.9 Å². The molecular formula is C12H18N2. The summed E-state index contributed by atoms with van der Waals surface area (Å²) in [6, 6.07) is 6.79. The van der Waals surface area contributed by atoms with Crippen molar-refractivity contribution in [3.63, 3.8) is 0 Å². The monoisotopic (exact) mass is 190 g/mol. The maximum Gasteiger partial charge on any atom is 0.0541 e. The molecule has 2 rings (SSSR count). The lowest BCUT2D eigenvalue weighted by atomic mass is 10.1. The highest BCUT2D eigenvalue weighted by Gasteiger charge is 2.22. The molecule has 14 heavy (non-hydrogen) atoms. The van der Waals surface area contributed by atoms with Crippen LogP contribution in [-0.2, 0) is 6.54 Å². The minimum absolute atomic E-state index is 0.706. The van der Waals surface area contributed by atoms with Crippen molar-refractivity contribution in [3.05, 3.63) is 30.1 Å². The lowest BCUT2D eigenvalue weighted by Gasteiger charge is -2.16. The molecule has 0 radical (unpaired) electrons. The molecule has 0 aliphatic heterocycles. The predicted molar refractivity (Wildman–Crippen MR) is 57.9 cm³/mol. The minimum atomic E-state index is 0.706. The van der Waals surface area contributed by atoms with E-state index < -0.39 is 0 Å². The first-order valence-electron chi connectivity index (χ1n) is 5.49. The maximum absolute atomic E-state index is 4.30. The van der Waals surface area contributed by atoms with Crippen LogP contribution in [0.25, 0.3) is 0 Å². The van der Waals surface area contributed by atoms with Crippen molar-refractivity contribution in [1.82, 2.24) is 10.3 Å². The van der Waals surface area contributed by atoms with E-state index in [0.717, 1.165) is 18.2 Å². The third-order valence-corrected chi connectivity index (χ3v) is 3.13. The molecule has 2 atom stereocenters. The van der Waals surface area contributed by atoms with Crippen LogP contribution in [0.15, 0.2) is 24.4 Å². The summed E-state index contributed by atoms with van der Waals surface area (Å²) in [5.41, 5.74) is 1.15. The van der Waals surface area contributed by atoms with Crippen LogP contribution in [0.3, 0.4) is 0 Å². The van der Waals surface area contributed by atoms with Gasteiger partial charge in [-0.1, -0.05) is 19.4 Å². The Labute approximate surface area is 85.7 Å². The Morgan fingerprint density at radius 1 is 1.43 bits per heavy atom. The highest BCUT2D eigenvalue weighted by atomic mass is 14.9. The zero-order valence-electron chi connectivity index (χ0n) is 8.74. The molecular weight excluding hydrogens is 172 g/mol. The van der Waals surface area contributed by atoms with E-state index in [-0.39, 0.29) is 0 Å². The number of rotatable bonds is 3. The van der Waals surface area contributed by atoms with Gasteiger partial charge in [-0.25, -0.2) is 0 Å². The second-order valence-electron chi connectivity index (χ2n) is 4.22. The summed E-state index contributed by atoms with van der Waals surface area (Å²) in [5, 5.41) is 3.59. The lowest BCUT2D eigenvalue weighted by molar-refractivity contribution is 0.424. The number of aromatic nitrogens is 1. The maximum atomic E-state index is 4.30. The van der Waals surface area contributed by atoms with E-state index in [0.29, 0.717) is 6.04 Å². The number of hydrogen-bond donors (Lipinski definition) is 1. The molecule has 1 aromatic heterocycles. The van der Waals surface area contributed by atoms with Gasteiger partial charge < -0.3 is 5.32 Å². The Bertz CT molecular complexity index is 271. The van der Waals surface area contributed by atoms with E-state index >= 15 is 0 Å². The summed E-state index contributed by atoms with van der Waals surface area (Å²) in [5.74, 6) is 0.832. The summed E-state index contributed by atoms with van der Waals surface area (Å²) < 4.78 is 0. The molecule has 1 fully saturated rings. The van der Waals surface area contributed by atoms with Crippen LogP contribution in [0.4, 0.5) is 0 Å². The molecule has 1 aliphatic rings. The van der Waals surface area contributed by atoms with Crippen molar-refractivity contribution in [2.24, 2.45) is 5.92 Å². The fraction of sp³-hybridized carbons (Fsp3) is 0.583. The molecule has 1 saturated carbocycles. The number of pyridine rings is 1. The van der Waals surface area contributed by atoms with Gasteiger partial charge in [-0.2, -0.15) is 0 Å². The normalized spacial score (nSPS) is 26.6. The Kier molecular flexibility index (Phi) is 3.14. The Morgan fingerprint density at radius 3 is 3.00 bits per heavy atom.